The van der Waals surface area contributed by atoms with Gasteiger partial charge in [0.25, 0.3) is 0 Å². The molecule has 18 heavy (non-hydrogen) atoms. The van der Waals surface area contributed by atoms with Crippen LogP contribution in [0.3, 0.4) is 0 Å². The lowest BCUT2D eigenvalue weighted by molar-refractivity contribution is 0.675. The Kier molecular flexibility index (Phi) is 6.42. The first-order valence-corrected chi connectivity index (χ1v) is 9.75. The van der Waals surface area contributed by atoms with Gasteiger partial charge in [-0.2, -0.15) is 0 Å². The zero-order valence-corrected chi connectivity index (χ0v) is 14.9. The minimum atomic E-state index is 1.14. The van der Waals surface area contributed by atoms with E-state index in [9.17, 15) is 0 Å². The van der Waals surface area contributed by atoms with Crippen LogP contribution in [0.2, 0.25) is 0 Å². The topological polar surface area (TPSA) is 0 Å². The van der Waals surface area contributed by atoms with Crippen molar-refractivity contribution in [3.05, 3.63) is 32.9 Å². The van der Waals surface area contributed by atoms with Gasteiger partial charge in [-0.3, -0.25) is 0 Å². The Labute approximate surface area is 134 Å². The van der Waals surface area contributed by atoms with Gasteiger partial charge >= 0.3 is 0 Å². The number of alkyl halides is 1. The molecular formula is C14H16Br2S2. The number of halogens is 2. The third-order valence-corrected chi connectivity index (χ3v) is 6.31. The van der Waals surface area contributed by atoms with Gasteiger partial charge < -0.3 is 0 Å². The summed E-state index contributed by atoms with van der Waals surface area (Å²) >= 11 is 10.8. The van der Waals surface area contributed by atoms with E-state index in [1.165, 1.54) is 50.5 Å². The lowest BCUT2D eigenvalue weighted by Gasteiger charge is -1.97. The molecule has 0 radical (unpaired) electrons. The molecule has 0 saturated heterocycles. The maximum absolute atomic E-state index is 3.52. The van der Waals surface area contributed by atoms with Gasteiger partial charge in [-0.15, -0.1) is 22.7 Å². The van der Waals surface area contributed by atoms with E-state index in [0.29, 0.717) is 0 Å². The van der Waals surface area contributed by atoms with E-state index in [2.05, 4.69) is 56.1 Å². The van der Waals surface area contributed by atoms with Crippen LogP contribution in [0.15, 0.2) is 28.1 Å². The summed E-state index contributed by atoms with van der Waals surface area (Å²) in [7, 11) is 0. The van der Waals surface area contributed by atoms with E-state index in [1.807, 2.05) is 22.7 Å². The van der Waals surface area contributed by atoms with Crippen molar-refractivity contribution in [2.24, 2.45) is 0 Å². The standard InChI is InChI=1S/C14H16Br2S2/c15-10-4-2-1-3-5-11-6-7-12(17-11)13-8-9-14(16)18-13/h6-9H,1-5,10H2. The summed E-state index contributed by atoms with van der Waals surface area (Å²) in [5.74, 6) is 0. The molecule has 0 N–H and O–H groups in total. The van der Waals surface area contributed by atoms with Crippen molar-refractivity contribution in [3.8, 4) is 9.75 Å². The summed E-state index contributed by atoms with van der Waals surface area (Å²) in [5.41, 5.74) is 0. The Bertz CT molecular complexity index is 474. The number of unbranched alkanes of at least 4 members (excludes halogenated alkanes) is 3. The minimum Gasteiger partial charge on any atom is -0.139 e. The normalized spacial score (nSPS) is 11.0. The SMILES string of the molecule is BrCCCCCCc1ccc(-c2ccc(Br)s2)s1. The van der Waals surface area contributed by atoms with Gasteiger partial charge in [-0.05, 0) is 59.5 Å². The average Bonchev–Trinajstić information content (AvgIpc) is 2.97. The maximum atomic E-state index is 3.52. The van der Waals surface area contributed by atoms with E-state index < -0.39 is 0 Å². The molecule has 2 rings (SSSR count). The fraction of sp³-hybridized carbons (Fsp3) is 0.429. The van der Waals surface area contributed by atoms with Gasteiger partial charge in [0, 0.05) is 20.0 Å². The van der Waals surface area contributed by atoms with Crippen molar-refractivity contribution in [1.82, 2.24) is 0 Å². The molecule has 2 aromatic heterocycles. The van der Waals surface area contributed by atoms with E-state index in [0.717, 1.165) is 5.33 Å². The van der Waals surface area contributed by atoms with Gasteiger partial charge in [0.2, 0.25) is 0 Å². The molecular weight excluding hydrogens is 392 g/mol. The van der Waals surface area contributed by atoms with Crippen molar-refractivity contribution in [3.63, 3.8) is 0 Å². The highest BCUT2D eigenvalue weighted by Gasteiger charge is 2.05. The molecule has 0 fully saturated rings. The number of aryl methyl sites for hydroxylation is 1. The van der Waals surface area contributed by atoms with Crippen molar-refractivity contribution in [1.29, 1.82) is 0 Å². The van der Waals surface area contributed by atoms with Crippen LogP contribution in [0.25, 0.3) is 9.75 Å². The Hall–Kier alpha value is 0.360. The van der Waals surface area contributed by atoms with E-state index in [-0.39, 0.29) is 0 Å². The monoisotopic (exact) mass is 406 g/mol. The van der Waals surface area contributed by atoms with Gasteiger partial charge in [0.1, 0.15) is 0 Å². The average molecular weight is 408 g/mol. The molecule has 4 heteroatoms. The smallest absolute Gasteiger partial charge is 0.0705 e. The second kappa shape index (κ2) is 7.83. The highest BCUT2D eigenvalue weighted by molar-refractivity contribution is 9.11. The predicted molar refractivity (Wildman–Crippen MR) is 91.3 cm³/mol. The Morgan fingerprint density at radius 1 is 0.833 bits per heavy atom. The second-order valence-corrected chi connectivity index (χ2v) is 8.65. The van der Waals surface area contributed by atoms with E-state index in [4.69, 9.17) is 0 Å². The molecule has 2 aromatic rings. The Morgan fingerprint density at radius 2 is 1.56 bits per heavy atom. The number of thiophene rings is 2. The number of hydrogen-bond acceptors (Lipinski definition) is 2. The summed E-state index contributed by atoms with van der Waals surface area (Å²) in [6.07, 6.45) is 6.56. The molecule has 0 spiro atoms. The summed E-state index contributed by atoms with van der Waals surface area (Å²) in [4.78, 5) is 4.30. The summed E-state index contributed by atoms with van der Waals surface area (Å²) < 4.78 is 1.21. The highest BCUT2D eigenvalue weighted by Crippen LogP contribution is 2.35. The fourth-order valence-electron chi connectivity index (χ4n) is 1.84. The van der Waals surface area contributed by atoms with Crippen LogP contribution in [0.5, 0.6) is 0 Å². The lowest BCUT2D eigenvalue weighted by Crippen LogP contribution is -1.82. The van der Waals surface area contributed by atoms with Crippen LogP contribution >= 0.6 is 54.5 Å². The van der Waals surface area contributed by atoms with Crippen molar-refractivity contribution in [2.45, 2.75) is 32.1 Å². The first kappa shape index (κ1) is 14.8. The third-order valence-electron chi connectivity index (χ3n) is 2.78. The minimum absolute atomic E-state index is 1.14. The molecule has 0 aliphatic heterocycles. The van der Waals surface area contributed by atoms with Crippen LogP contribution in [0.4, 0.5) is 0 Å². The molecule has 0 bridgehead atoms. The third kappa shape index (κ3) is 4.48. The first-order valence-electron chi connectivity index (χ1n) is 6.20. The largest absolute Gasteiger partial charge is 0.139 e. The summed E-state index contributed by atoms with van der Waals surface area (Å²) in [6.45, 7) is 0. The van der Waals surface area contributed by atoms with E-state index in [1.54, 1.807) is 0 Å². The summed E-state index contributed by atoms with van der Waals surface area (Å²) in [6, 6.07) is 8.87. The fourth-order valence-corrected chi connectivity index (χ4v) is 4.76. The quantitative estimate of drug-likeness (QED) is 0.352. The van der Waals surface area contributed by atoms with Crippen LogP contribution in [0, 0.1) is 0 Å². The first-order chi connectivity index (χ1) is 8.79. The van der Waals surface area contributed by atoms with Crippen LogP contribution < -0.4 is 0 Å². The molecule has 0 aliphatic carbocycles. The molecule has 0 atom stereocenters. The van der Waals surface area contributed by atoms with Crippen molar-refractivity contribution >= 4 is 54.5 Å². The number of hydrogen-bond donors (Lipinski definition) is 0. The zero-order valence-electron chi connectivity index (χ0n) is 10.1. The molecule has 0 saturated carbocycles. The van der Waals surface area contributed by atoms with Gasteiger partial charge in [-0.25, -0.2) is 0 Å². The molecule has 0 amide bonds. The molecule has 0 nitrogen and oxygen atoms in total. The lowest BCUT2D eigenvalue weighted by atomic mass is 10.1. The molecule has 0 unspecified atom stereocenters. The molecule has 0 aliphatic rings. The Balaban J connectivity index is 1.83. The van der Waals surface area contributed by atoms with Gasteiger partial charge in [-0.1, -0.05) is 28.8 Å². The predicted octanol–water partition coefficient (Wildman–Crippen LogP) is 6.74. The van der Waals surface area contributed by atoms with E-state index >= 15 is 0 Å². The zero-order chi connectivity index (χ0) is 12.8. The highest BCUT2D eigenvalue weighted by atomic mass is 79.9. The number of rotatable bonds is 7. The maximum Gasteiger partial charge on any atom is 0.0705 e. The van der Waals surface area contributed by atoms with Gasteiger partial charge in [0.05, 0.1) is 3.79 Å². The molecule has 0 aromatic carbocycles. The summed E-state index contributed by atoms with van der Waals surface area (Å²) in [5, 5.41) is 1.14. The molecule has 2 heterocycles. The van der Waals surface area contributed by atoms with Gasteiger partial charge in [0.15, 0.2) is 0 Å². The van der Waals surface area contributed by atoms with Crippen molar-refractivity contribution < 1.29 is 0 Å². The van der Waals surface area contributed by atoms with Crippen LogP contribution in [-0.4, -0.2) is 5.33 Å². The molecule has 98 valence electrons. The van der Waals surface area contributed by atoms with Crippen LogP contribution in [0.1, 0.15) is 30.6 Å². The second-order valence-electron chi connectivity index (χ2n) is 4.22. The van der Waals surface area contributed by atoms with Crippen LogP contribution in [-0.2, 0) is 6.42 Å². The van der Waals surface area contributed by atoms with Crippen molar-refractivity contribution in [2.75, 3.05) is 5.33 Å². The Morgan fingerprint density at radius 3 is 2.28 bits per heavy atom.